The molecule has 1 fully saturated rings. The van der Waals surface area contributed by atoms with Crippen LogP contribution in [0.2, 0.25) is 0 Å². The summed E-state index contributed by atoms with van der Waals surface area (Å²) in [6.45, 7) is 0. The Morgan fingerprint density at radius 2 is 1.79 bits per heavy atom. The SMILES string of the molecule is O=C(O)C1(c2cc(Br)c(O)c(F)c2F)CCCCC1. The molecule has 0 unspecified atom stereocenters. The van der Waals surface area contributed by atoms with Crippen LogP contribution in [0.3, 0.4) is 0 Å². The summed E-state index contributed by atoms with van der Waals surface area (Å²) in [6, 6.07) is 1.17. The molecular formula is C13H13BrF2O3. The largest absolute Gasteiger partial charge is 0.504 e. The first-order valence-corrected chi connectivity index (χ1v) is 6.80. The van der Waals surface area contributed by atoms with Gasteiger partial charge in [0.1, 0.15) is 0 Å². The van der Waals surface area contributed by atoms with E-state index in [0.717, 1.165) is 6.42 Å². The zero-order valence-electron chi connectivity index (χ0n) is 10.0. The van der Waals surface area contributed by atoms with E-state index in [1.54, 1.807) is 0 Å². The van der Waals surface area contributed by atoms with Crippen LogP contribution < -0.4 is 0 Å². The summed E-state index contributed by atoms with van der Waals surface area (Å²) in [6.07, 6.45) is 2.75. The van der Waals surface area contributed by atoms with E-state index in [0.29, 0.717) is 12.8 Å². The van der Waals surface area contributed by atoms with Crippen LogP contribution in [-0.4, -0.2) is 16.2 Å². The fourth-order valence-electron chi connectivity index (χ4n) is 2.69. The predicted octanol–water partition coefficient (Wildman–Crippen LogP) is 3.72. The molecule has 6 heteroatoms. The van der Waals surface area contributed by atoms with Crippen molar-refractivity contribution in [2.24, 2.45) is 0 Å². The number of carbonyl (C=O) groups is 1. The Morgan fingerprint density at radius 1 is 1.21 bits per heavy atom. The number of hydrogen-bond acceptors (Lipinski definition) is 2. The van der Waals surface area contributed by atoms with Crippen molar-refractivity contribution in [1.29, 1.82) is 0 Å². The van der Waals surface area contributed by atoms with Gasteiger partial charge in [0, 0.05) is 5.56 Å². The van der Waals surface area contributed by atoms with Crippen LogP contribution in [0.1, 0.15) is 37.7 Å². The van der Waals surface area contributed by atoms with Crippen molar-refractivity contribution >= 4 is 21.9 Å². The average molecular weight is 335 g/mol. The lowest BCUT2D eigenvalue weighted by Gasteiger charge is -2.34. The van der Waals surface area contributed by atoms with Gasteiger partial charge in [0.05, 0.1) is 9.89 Å². The van der Waals surface area contributed by atoms with Crippen LogP contribution in [0.5, 0.6) is 5.75 Å². The Bertz CT molecular complexity index is 525. The van der Waals surface area contributed by atoms with Crippen LogP contribution in [0, 0.1) is 11.6 Å². The third kappa shape index (κ3) is 2.22. The normalized spacial score (nSPS) is 18.3. The lowest BCUT2D eigenvalue weighted by molar-refractivity contribution is -0.145. The number of aliphatic carboxylic acids is 1. The minimum Gasteiger partial charge on any atom is -0.504 e. The van der Waals surface area contributed by atoms with Gasteiger partial charge in [-0.3, -0.25) is 4.79 Å². The predicted molar refractivity (Wildman–Crippen MR) is 68.1 cm³/mol. The average Bonchev–Trinajstić information content (AvgIpc) is 2.41. The summed E-state index contributed by atoms with van der Waals surface area (Å²) in [7, 11) is 0. The zero-order valence-corrected chi connectivity index (χ0v) is 11.6. The monoisotopic (exact) mass is 334 g/mol. The first-order chi connectivity index (χ1) is 8.90. The Morgan fingerprint density at radius 3 is 2.32 bits per heavy atom. The number of phenols is 1. The maximum absolute atomic E-state index is 14.0. The van der Waals surface area contributed by atoms with Crippen LogP contribution in [0.25, 0.3) is 0 Å². The van der Waals surface area contributed by atoms with Crippen molar-refractivity contribution in [1.82, 2.24) is 0 Å². The van der Waals surface area contributed by atoms with E-state index >= 15 is 0 Å². The number of aromatic hydroxyl groups is 1. The number of rotatable bonds is 2. The molecule has 0 radical (unpaired) electrons. The Labute approximate surface area is 117 Å². The molecule has 0 spiro atoms. The number of halogens is 3. The fourth-order valence-corrected chi connectivity index (χ4v) is 3.09. The third-order valence-corrected chi connectivity index (χ3v) is 4.37. The minimum absolute atomic E-state index is 0.0346. The van der Waals surface area contributed by atoms with E-state index in [2.05, 4.69) is 15.9 Å². The van der Waals surface area contributed by atoms with Crippen LogP contribution in [0.4, 0.5) is 8.78 Å². The van der Waals surface area contributed by atoms with Gasteiger partial charge in [-0.25, -0.2) is 4.39 Å². The molecule has 0 aliphatic heterocycles. The molecule has 0 bridgehead atoms. The van der Waals surface area contributed by atoms with E-state index in [1.165, 1.54) is 6.07 Å². The first kappa shape index (κ1) is 14.2. The van der Waals surface area contributed by atoms with Crippen molar-refractivity contribution in [3.05, 3.63) is 27.7 Å². The number of phenolic OH excluding ortho intramolecular Hbond substituents is 1. The van der Waals surface area contributed by atoms with Crippen LogP contribution >= 0.6 is 15.9 Å². The fraction of sp³-hybridized carbons (Fsp3) is 0.462. The van der Waals surface area contributed by atoms with E-state index in [4.69, 9.17) is 0 Å². The van der Waals surface area contributed by atoms with Gasteiger partial charge < -0.3 is 10.2 Å². The van der Waals surface area contributed by atoms with Crippen molar-refractivity contribution < 1.29 is 23.8 Å². The number of carboxylic acids is 1. The Kier molecular flexibility index (Phi) is 3.80. The first-order valence-electron chi connectivity index (χ1n) is 6.00. The van der Waals surface area contributed by atoms with E-state index in [9.17, 15) is 23.8 Å². The molecule has 0 saturated heterocycles. The molecule has 1 aromatic carbocycles. The van der Waals surface area contributed by atoms with Crippen molar-refractivity contribution in [2.75, 3.05) is 0 Å². The van der Waals surface area contributed by atoms with E-state index < -0.39 is 28.8 Å². The van der Waals surface area contributed by atoms with Crippen molar-refractivity contribution in [3.8, 4) is 5.75 Å². The van der Waals surface area contributed by atoms with Gasteiger partial charge in [0.2, 0.25) is 5.82 Å². The summed E-state index contributed by atoms with van der Waals surface area (Å²) >= 11 is 2.92. The van der Waals surface area contributed by atoms with Gasteiger partial charge in [-0.2, -0.15) is 4.39 Å². The van der Waals surface area contributed by atoms with Gasteiger partial charge in [0.25, 0.3) is 0 Å². The lowest BCUT2D eigenvalue weighted by Crippen LogP contribution is -2.39. The second-order valence-corrected chi connectivity index (χ2v) is 5.68. The van der Waals surface area contributed by atoms with Gasteiger partial charge in [0.15, 0.2) is 11.6 Å². The summed E-state index contributed by atoms with van der Waals surface area (Å²) in [5.74, 6) is -4.67. The van der Waals surface area contributed by atoms with Crippen molar-refractivity contribution in [2.45, 2.75) is 37.5 Å². The van der Waals surface area contributed by atoms with Gasteiger partial charge in [-0.15, -0.1) is 0 Å². The molecule has 1 aliphatic rings. The number of benzene rings is 1. The highest BCUT2D eigenvalue weighted by molar-refractivity contribution is 9.10. The Hall–Kier alpha value is -1.17. The topological polar surface area (TPSA) is 57.5 Å². The molecule has 2 N–H and O–H groups in total. The molecule has 1 aliphatic carbocycles. The maximum atomic E-state index is 14.0. The molecule has 0 atom stereocenters. The van der Waals surface area contributed by atoms with E-state index in [1.807, 2.05) is 0 Å². The third-order valence-electron chi connectivity index (χ3n) is 3.77. The van der Waals surface area contributed by atoms with Crippen LogP contribution in [-0.2, 0) is 10.2 Å². The molecule has 1 aromatic rings. The molecule has 2 rings (SSSR count). The molecule has 1 saturated carbocycles. The van der Waals surface area contributed by atoms with E-state index in [-0.39, 0.29) is 22.9 Å². The summed E-state index contributed by atoms with van der Waals surface area (Å²) < 4.78 is 27.6. The van der Waals surface area contributed by atoms with Crippen LogP contribution in [0.15, 0.2) is 10.5 Å². The molecule has 0 heterocycles. The van der Waals surface area contributed by atoms with Gasteiger partial charge in [-0.05, 0) is 34.8 Å². The number of hydrogen-bond donors (Lipinski definition) is 2. The highest BCUT2D eigenvalue weighted by atomic mass is 79.9. The molecule has 0 amide bonds. The molecule has 3 nitrogen and oxygen atoms in total. The molecular weight excluding hydrogens is 322 g/mol. The summed E-state index contributed by atoms with van der Waals surface area (Å²) in [5.41, 5.74) is -1.60. The maximum Gasteiger partial charge on any atom is 0.314 e. The molecule has 104 valence electrons. The standard InChI is InChI=1S/C13H13BrF2O3/c14-8-6-7(9(15)10(16)11(8)17)13(12(18)19)4-2-1-3-5-13/h6,17H,1-5H2,(H,18,19). The highest BCUT2D eigenvalue weighted by Gasteiger charge is 2.44. The minimum atomic E-state index is -1.41. The quantitative estimate of drug-likeness (QED) is 0.810. The highest BCUT2D eigenvalue weighted by Crippen LogP contribution is 2.44. The number of carboxylic acid groups (broad SMARTS) is 1. The second-order valence-electron chi connectivity index (χ2n) is 4.83. The van der Waals surface area contributed by atoms with Gasteiger partial charge >= 0.3 is 5.97 Å². The smallest absolute Gasteiger partial charge is 0.314 e. The zero-order chi connectivity index (χ0) is 14.2. The molecule has 0 aromatic heterocycles. The van der Waals surface area contributed by atoms with Gasteiger partial charge in [-0.1, -0.05) is 19.3 Å². The van der Waals surface area contributed by atoms with Crippen molar-refractivity contribution in [3.63, 3.8) is 0 Å². The second kappa shape index (κ2) is 5.07. The Balaban J connectivity index is 2.64. The lowest BCUT2D eigenvalue weighted by atomic mass is 9.69. The summed E-state index contributed by atoms with van der Waals surface area (Å²) in [5, 5.41) is 18.8. The molecule has 19 heavy (non-hydrogen) atoms. The summed E-state index contributed by atoms with van der Waals surface area (Å²) in [4.78, 5) is 11.6.